The Morgan fingerprint density at radius 1 is 1.47 bits per heavy atom. The highest BCUT2D eigenvalue weighted by atomic mass is 16.5. The highest BCUT2D eigenvalue weighted by molar-refractivity contribution is 5.97. The number of hydrogen-bond acceptors (Lipinski definition) is 4. The van der Waals surface area contributed by atoms with E-state index in [0.29, 0.717) is 13.0 Å². The van der Waals surface area contributed by atoms with Crippen LogP contribution in [-0.2, 0) is 4.79 Å². The van der Waals surface area contributed by atoms with Crippen LogP contribution < -0.4 is 20.3 Å². The minimum Gasteiger partial charge on any atom is -0.494 e. The molecule has 102 valence electrons. The summed E-state index contributed by atoms with van der Waals surface area (Å²) in [6, 6.07) is 6.10. The van der Waals surface area contributed by atoms with Gasteiger partial charge in [0, 0.05) is 32.1 Å². The molecule has 1 unspecified atom stereocenters. The maximum atomic E-state index is 11.9. The second-order valence-corrected chi connectivity index (χ2v) is 4.92. The van der Waals surface area contributed by atoms with Crippen LogP contribution in [0.5, 0.6) is 5.75 Å². The zero-order chi connectivity index (χ0) is 13.2. The fourth-order valence-corrected chi connectivity index (χ4v) is 2.79. The second-order valence-electron chi connectivity index (χ2n) is 4.92. The largest absolute Gasteiger partial charge is 0.494 e. The van der Waals surface area contributed by atoms with Crippen LogP contribution >= 0.6 is 0 Å². The molecule has 3 rings (SSSR count). The molecular weight excluding hydrogens is 242 g/mol. The lowest BCUT2D eigenvalue weighted by atomic mass is 10.1. The molecule has 1 aromatic carbocycles. The fourth-order valence-electron chi connectivity index (χ4n) is 2.79. The van der Waals surface area contributed by atoms with Gasteiger partial charge in [-0.05, 0) is 19.1 Å². The summed E-state index contributed by atoms with van der Waals surface area (Å²) in [7, 11) is 0. The average molecular weight is 261 g/mol. The summed E-state index contributed by atoms with van der Waals surface area (Å²) in [6.07, 6.45) is 0.533. The van der Waals surface area contributed by atoms with Crippen LogP contribution in [-0.4, -0.2) is 38.2 Å². The summed E-state index contributed by atoms with van der Waals surface area (Å²) in [6.45, 7) is 5.34. The Kier molecular flexibility index (Phi) is 3.29. The van der Waals surface area contributed by atoms with Gasteiger partial charge in [0.25, 0.3) is 0 Å². The van der Waals surface area contributed by atoms with Crippen LogP contribution in [0.4, 0.5) is 11.4 Å². The SMILES string of the molecule is CCOc1ccc2c(c1)N1CCNCC1CC(=O)N2. The molecule has 0 aliphatic carbocycles. The summed E-state index contributed by atoms with van der Waals surface area (Å²) in [4.78, 5) is 14.2. The summed E-state index contributed by atoms with van der Waals surface area (Å²) < 4.78 is 5.56. The number of carbonyl (C=O) groups is 1. The van der Waals surface area contributed by atoms with Crippen molar-refractivity contribution in [3.63, 3.8) is 0 Å². The summed E-state index contributed by atoms with van der Waals surface area (Å²) in [5, 5.41) is 6.33. The average Bonchev–Trinajstić information content (AvgIpc) is 2.55. The van der Waals surface area contributed by atoms with Crippen molar-refractivity contribution >= 4 is 17.3 Å². The number of benzene rings is 1. The van der Waals surface area contributed by atoms with Crippen LogP contribution in [0.1, 0.15) is 13.3 Å². The first-order valence-electron chi connectivity index (χ1n) is 6.82. The number of rotatable bonds is 2. The van der Waals surface area contributed by atoms with Gasteiger partial charge in [0.1, 0.15) is 5.75 Å². The molecular formula is C14H19N3O2. The van der Waals surface area contributed by atoms with Gasteiger partial charge in [-0.25, -0.2) is 0 Å². The second kappa shape index (κ2) is 5.09. The van der Waals surface area contributed by atoms with Crippen molar-refractivity contribution in [2.24, 2.45) is 0 Å². The third-order valence-electron chi connectivity index (χ3n) is 3.63. The Morgan fingerprint density at radius 3 is 3.21 bits per heavy atom. The molecule has 19 heavy (non-hydrogen) atoms. The minimum absolute atomic E-state index is 0.0848. The Labute approximate surface area is 112 Å². The standard InChI is InChI=1S/C14H19N3O2/c1-2-19-11-3-4-12-13(8-11)17-6-5-15-9-10(17)7-14(18)16-12/h3-4,8,10,15H,2,5-7,9H2,1H3,(H,16,18). The number of carbonyl (C=O) groups excluding carboxylic acids is 1. The first kappa shape index (κ1) is 12.3. The lowest BCUT2D eigenvalue weighted by molar-refractivity contribution is -0.116. The Balaban J connectivity index is 2.00. The van der Waals surface area contributed by atoms with E-state index in [0.717, 1.165) is 36.8 Å². The number of nitrogens with zero attached hydrogens (tertiary/aromatic N) is 1. The van der Waals surface area contributed by atoms with Gasteiger partial charge in [-0.3, -0.25) is 4.79 Å². The lowest BCUT2D eigenvalue weighted by Crippen LogP contribution is -2.51. The quantitative estimate of drug-likeness (QED) is 0.840. The molecule has 0 bridgehead atoms. The monoisotopic (exact) mass is 261 g/mol. The summed E-state index contributed by atoms with van der Waals surface area (Å²) >= 11 is 0. The van der Waals surface area contributed by atoms with Crippen LogP contribution in [0.25, 0.3) is 0 Å². The lowest BCUT2D eigenvalue weighted by Gasteiger charge is -2.36. The Morgan fingerprint density at radius 2 is 2.37 bits per heavy atom. The molecule has 0 radical (unpaired) electrons. The van der Waals surface area contributed by atoms with Crippen molar-refractivity contribution in [1.82, 2.24) is 5.32 Å². The van der Waals surface area contributed by atoms with Gasteiger partial charge in [0.05, 0.1) is 24.0 Å². The van der Waals surface area contributed by atoms with E-state index >= 15 is 0 Å². The summed E-state index contributed by atoms with van der Waals surface area (Å²) in [5.74, 6) is 0.941. The molecule has 2 aliphatic heterocycles. The predicted molar refractivity (Wildman–Crippen MR) is 74.9 cm³/mol. The zero-order valence-corrected chi connectivity index (χ0v) is 11.1. The number of ether oxygens (including phenoxy) is 1. The van der Waals surface area contributed by atoms with Crippen LogP contribution in [0.2, 0.25) is 0 Å². The highest BCUT2D eigenvalue weighted by Crippen LogP contribution is 2.35. The highest BCUT2D eigenvalue weighted by Gasteiger charge is 2.30. The van der Waals surface area contributed by atoms with Crippen molar-refractivity contribution in [3.8, 4) is 5.75 Å². The molecule has 1 amide bonds. The molecule has 1 saturated heterocycles. The number of fused-ring (bicyclic) bond motifs is 3. The van der Waals surface area contributed by atoms with E-state index in [2.05, 4.69) is 15.5 Å². The summed E-state index contributed by atoms with van der Waals surface area (Å²) in [5.41, 5.74) is 1.96. The van der Waals surface area contributed by atoms with E-state index in [1.807, 2.05) is 25.1 Å². The molecule has 2 aliphatic rings. The third kappa shape index (κ3) is 2.38. The number of hydrogen-bond donors (Lipinski definition) is 2. The van der Waals surface area contributed by atoms with E-state index in [-0.39, 0.29) is 11.9 Å². The molecule has 0 spiro atoms. The third-order valence-corrected chi connectivity index (χ3v) is 3.63. The van der Waals surface area contributed by atoms with Gasteiger partial charge in [-0.2, -0.15) is 0 Å². The van der Waals surface area contributed by atoms with Gasteiger partial charge in [-0.15, -0.1) is 0 Å². The van der Waals surface area contributed by atoms with E-state index < -0.39 is 0 Å². The zero-order valence-electron chi connectivity index (χ0n) is 11.1. The Hall–Kier alpha value is -1.75. The predicted octanol–water partition coefficient (Wildman–Crippen LogP) is 1.21. The van der Waals surface area contributed by atoms with Crippen molar-refractivity contribution < 1.29 is 9.53 Å². The Bertz CT molecular complexity index is 490. The molecule has 2 N–H and O–H groups in total. The minimum atomic E-state index is 0.0848. The van der Waals surface area contributed by atoms with Gasteiger partial charge < -0.3 is 20.3 Å². The molecule has 5 heteroatoms. The molecule has 1 aromatic rings. The van der Waals surface area contributed by atoms with Gasteiger partial charge >= 0.3 is 0 Å². The fraction of sp³-hybridized carbons (Fsp3) is 0.500. The normalized spacial score (nSPS) is 22.1. The van der Waals surface area contributed by atoms with Crippen LogP contribution in [0.3, 0.4) is 0 Å². The number of nitrogens with one attached hydrogen (secondary N) is 2. The molecule has 1 atom stereocenters. The van der Waals surface area contributed by atoms with Crippen LogP contribution in [0, 0.1) is 0 Å². The maximum Gasteiger partial charge on any atom is 0.226 e. The number of amides is 1. The van der Waals surface area contributed by atoms with E-state index in [9.17, 15) is 4.79 Å². The van der Waals surface area contributed by atoms with Gasteiger partial charge in [0.2, 0.25) is 5.91 Å². The topological polar surface area (TPSA) is 53.6 Å². The number of piperazine rings is 1. The van der Waals surface area contributed by atoms with Crippen molar-refractivity contribution in [2.45, 2.75) is 19.4 Å². The molecule has 0 saturated carbocycles. The first-order chi connectivity index (χ1) is 9.28. The van der Waals surface area contributed by atoms with Crippen LogP contribution in [0.15, 0.2) is 18.2 Å². The molecule has 2 heterocycles. The van der Waals surface area contributed by atoms with E-state index in [1.54, 1.807) is 0 Å². The number of anilines is 2. The molecule has 0 aromatic heterocycles. The molecule has 5 nitrogen and oxygen atoms in total. The molecule has 1 fully saturated rings. The van der Waals surface area contributed by atoms with Crippen molar-refractivity contribution in [3.05, 3.63) is 18.2 Å². The van der Waals surface area contributed by atoms with Gasteiger partial charge in [-0.1, -0.05) is 0 Å². The van der Waals surface area contributed by atoms with Gasteiger partial charge in [0.15, 0.2) is 0 Å². The first-order valence-corrected chi connectivity index (χ1v) is 6.82. The smallest absolute Gasteiger partial charge is 0.226 e. The van der Waals surface area contributed by atoms with Crippen molar-refractivity contribution in [1.29, 1.82) is 0 Å². The van der Waals surface area contributed by atoms with E-state index in [1.165, 1.54) is 0 Å². The van der Waals surface area contributed by atoms with Crippen molar-refractivity contribution in [2.75, 3.05) is 36.5 Å². The van der Waals surface area contributed by atoms with E-state index in [4.69, 9.17) is 4.74 Å². The maximum absolute atomic E-state index is 11.9.